The predicted molar refractivity (Wildman–Crippen MR) is 76.9 cm³/mol. The van der Waals surface area contributed by atoms with Gasteiger partial charge >= 0.3 is 0 Å². The van der Waals surface area contributed by atoms with Gasteiger partial charge in [0.15, 0.2) is 0 Å². The third-order valence-corrected chi connectivity index (χ3v) is 3.37. The van der Waals surface area contributed by atoms with Gasteiger partial charge in [-0.1, -0.05) is 6.08 Å². The largest absolute Gasteiger partial charge is 0.356 e. The molecule has 108 valence electrons. The molecule has 1 rings (SSSR count). The smallest absolute Gasteiger partial charge is 0.255 e. The summed E-state index contributed by atoms with van der Waals surface area (Å²) in [7, 11) is 1.96. The Balaban J connectivity index is 2.63. The Morgan fingerprint density at radius 1 is 1.47 bits per heavy atom. The minimum Gasteiger partial charge on any atom is -0.356 e. The van der Waals surface area contributed by atoms with E-state index < -0.39 is 6.17 Å². The number of piperidine rings is 1. The van der Waals surface area contributed by atoms with Crippen molar-refractivity contribution in [2.45, 2.75) is 38.9 Å². The third kappa shape index (κ3) is 4.33. The van der Waals surface area contributed by atoms with Gasteiger partial charge in [-0.25, -0.2) is 0 Å². The average molecular weight is 267 g/mol. The van der Waals surface area contributed by atoms with Gasteiger partial charge in [-0.2, -0.15) is 0 Å². The summed E-state index contributed by atoms with van der Waals surface area (Å²) in [6, 6.07) is 0.510. The number of nitrogens with zero attached hydrogens (tertiary/aromatic N) is 1. The van der Waals surface area contributed by atoms with E-state index in [0.717, 1.165) is 25.9 Å². The van der Waals surface area contributed by atoms with Crippen LogP contribution in [0.25, 0.3) is 0 Å². The summed E-state index contributed by atoms with van der Waals surface area (Å²) in [5, 5.41) is 14.0. The highest BCUT2D eigenvalue weighted by molar-refractivity contribution is 6.19. The van der Waals surface area contributed by atoms with Crippen LogP contribution in [0.5, 0.6) is 0 Å². The maximum atomic E-state index is 12.0. The standard InChI is InChI=1S/C13H25N5O/c1-4-11(13(19)17-9(2)14)12(15)18-7-5-10(16-3)6-8-18/h4,9-10,15-16H,5-8,14H2,1-3H3,(H,17,19)/b11-4+,15-12?. The topological polar surface area (TPSA) is 94.2 Å². The molecule has 0 saturated carbocycles. The number of amidine groups is 1. The molecule has 0 aromatic heterocycles. The highest BCUT2D eigenvalue weighted by atomic mass is 16.1. The molecule has 1 unspecified atom stereocenters. The van der Waals surface area contributed by atoms with Crippen molar-refractivity contribution in [2.24, 2.45) is 5.73 Å². The monoisotopic (exact) mass is 267 g/mol. The number of hydrogen-bond donors (Lipinski definition) is 4. The lowest BCUT2D eigenvalue weighted by Crippen LogP contribution is -2.47. The van der Waals surface area contributed by atoms with Gasteiger partial charge in [-0.15, -0.1) is 0 Å². The Kier molecular flexibility index (Phi) is 5.98. The van der Waals surface area contributed by atoms with Gasteiger partial charge in [0, 0.05) is 19.1 Å². The maximum absolute atomic E-state index is 12.0. The first kappa shape index (κ1) is 15.7. The molecule has 1 amide bonds. The van der Waals surface area contributed by atoms with E-state index in [1.165, 1.54) is 0 Å². The quantitative estimate of drug-likeness (QED) is 0.250. The number of likely N-dealkylation sites (tertiary alicyclic amines) is 1. The zero-order valence-corrected chi connectivity index (χ0v) is 12.0. The lowest BCUT2D eigenvalue weighted by molar-refractivity contribution is -0.117. The number of carbonyl (C=O) groups excluding carboxylic acids is 1. The van der Waals surface area contributed by atoms with Crippen LogP contribution in [0.3, 0.4) is 0 Å². The van der Waals surface area contributed by atoms with Crippen molar-refractivity contribution in [2.75, 3.05) is 20.1 Å². The fourth-order valence-corrected chi connectivity index (χ4v) is 2.22. The van der Waals surface area contributed by atoms with E-state index in [1.54, 1.807) is 19.9 Å². The van der Waals surface area contributed by atoms with E-state index in [2.05, 4.69) is 10.6 Å². The van der Waals surface area contributed by atoms with E-state index >= 15 is 0 Å². The minimum atomic E-state index is -0.412. The molecule has 1 heterocycles. The molecule has 1 aliphatic heterocycles. The number of carbonyl (C=O) groups is 1. The number of hydrogen-bond acceptors (Lipinski definition) is 4. The lowest BCUT2D eigenvalue weighted by atomic mass is 10.0. The van der Waals surface area contributed by atoms with E-state index in [9.17, 15) is 4.79 Å². The number of rotatable bonds is 4. The van der Waals surface area contributed by atoms with E-state index in [4.69, 9.17) is 11.1 Å². The Hall–Kier alpha value is -1.40. The molecule has 1 fully saturated rings. The second-order valence-corrected chi connectivity index (χ2v) is 4.86. The Labute approximate surface area is 114 Å². The lowest BCUT2D eigenvalue weighted by Gasteiger charge is -2.34. The first-order valence-electron chi connectivity index (χ1n) is 6.73. The zero-order chi connectivity index (χ0) is 14.4. The summed E-state index contributed by atoms with van der Waals surface area (Å²) in [4.78, 5) is 13.9. The molecule has 0 aromatic carbocycles. The zero-order valence-electron chi connectivity index (χ0n) is 12.0. The summed E-state index contributed by atoms with van der Waals surface area (Å²) >= 11 is 0. The Morgan fingerprint density at radius 2 is 2.05 bits per heavy atom. The summed E-state index contributed by atoms with van der Waals surface area (Å²) < 4.78 is 0. The summed E-state index contributed by atoms with van der Waals surface area (Å²) in [5.41, 5.74) is 5.94. The van der Waals surface area contributed by atoms with Gasteiger partial charge in [-0.3, -0.25) is 10.2 Å². The van der Waals surface area contributed by atoms with Gasteiger partial charge in [0.25, 0.3) is 5.91 Å². The first-order chi connectivity index (χ1) is 8.99. The summed E-state index contributed by atoms with van der Waals surface area (Å²) in [6.45, 7) is 5.07. The van der Waals surface area contributed by atoms with Crippen LogP contribution >= 0.6 is 0 Å². The Morgan fingerprint density at radius 3 is 2.47 bits per heavy atom. The van der Waals surface area contributed by atoms with Crippen LogP contribution in [0.1, 0.15) is 26.7 Å². The number of nitrogens with one attached hydrogen (secondary N) is 3. The van der Waals surface area contributed by atoms with Crippen LogP contribution in [0.4, 0.5) is 0 Å². The molecule has 1 aliphatic rings. The fourth-order valence-electron chi connectivity index (χ4n) is 2.22. The maximum Gasteiger partial charge on any atom is 0.255 e. The highest BCUT2D eigenvalue weighted by Crippen LogP contribution is 2.13. The van der Waals surface area contributed by atoms with Gasteiger partial charge in [-0.05, 0) is 33.7 Å². The van der Waals surface area contributed by atoms with Crippen molar-refractivity contribution in [3.8, 4) is 0 Å². The molecule has 6 nitrogen and oxygen atoms in total. The Bertz CT molecular complexity index is 356. The number of amides is 1. The van der Waals surface area contributed by atoms with Gasteiger partial charge in [0.2, 0.25) is 0 Å². The third-order valence-electron chi connectivity index (χ3n) is 3.37. The molecule has 0 spiro atoms. The van der Waals surface area contributed by atoms with Crippen molar-refractivity contribution in [1.29, 1.82) is 5.41 Å². The summed E-state index contributed by atoms with van der Waals surface area (Å²) in [5.74, 6) is 0.00782. The van der Waals surface area contributed by atoms with Crippen LogP contribution in [0.2, 0.25) is 0 Å². The molecular weight excluding hydrogens is 242 g/mol. The van der Waals surface area contributed by atoms with E-state index in [0.29, 0.717) is 11.6 Å². The van der Waals surface area contributed by atoms with Crippen LogP contribution in [0.15, 0.2) is 11.6 Å². The molecule has 0 radical (unpaired) electrons. The molecule has 1 saturated heterocycles. The first-order valence-corrected chi connectivity index (χ1v) is 6.73. The van der Waals surface area contributed by atoms with E-state index in [1.807, 2.05) is 11.9 Å². The highest BCUT2D eigenvalue weighted by Gasteiger charge is 2.24. The van der Waals surface area contributed by atoms with Crippen molar-refractivity contribution in [3.63, 3.8) is 0 Å². The molecule has 0 aromatic rings. The van der Waals surface area contributed by atoms with Crippen LogP contribution in [0, 0.1) is 5.41 Å². The van der Waals surface area contributed by atoms with Crippen molar-refractivity contribution >= 4 is 11.7 Å². The average Bonchev–Trinajstić information content (AvgIpc) is 2.38. The molecule has 0 bridgehead atoms. The molecule has 1 atom stereocenters. The van der Waals surface area contributed by atoms with Gasteiger partial charge in [0.05, 0.1) is 11.7 Å². The molecule has 5 N–H and O–H groups in total. The number of allylic oxidation sites excluding steroid dienone is 1. The molecule has 6 heteroatoms. The summed E-state index contributed by atoms with van der Waals surface area (Å²) in [6.07, 6.45) is 3.24. The fraction of sp³-hybridized carbons (Fsp3) is 0.692. The number of nitrogens with two attached hydrogens (primary N) is 1. The van der Waals surface area contributed by atoms with Crippen molar-refractivity contribution in [1.82, 2.24) is 15.5 Å². The second kappa shape index (κ2) is 7.25. The normalized spacial score (nSPS) is 19.2. The van der Waals surface area contributed by atoms with Gasteiger partial charge in [0.1, 0.15) is 5.84 Å². The molecule has 19 heavy (non-hydrogen) atoms. The molecular formula is C13H25N5O. The van der Waals surface area contributed by atoms with Crippen molar-refractivity contribution in [3.05, 3.63) is 11.6 Å². The SMILES string of the molecule is C/C=C(\C(=N)N1CCC(NC)CC1)C(=O)NC(C)N. The van der Waals surface area contributed by atoms with Crippen LogP contribution in [-0.4, -0.2) is 49.0 Å². The van der Waals surface area contributed by atoms with Gasteiger partial charge < -0.3 is 21.3 Å². The van der Waals surface area contributed by atoms with Crippen LogP contribution < -0.4 is 16.4 Å². The minimum absolute atomic E-state index is 0.279. The van der Waals surface area contributed by atoms with E-state index in [-0.39, 0.29) is 11.7 Å². The van der Waals surface area contributed by atoms with Crippen molar-refractivity contribution < 1.29 is 4.79 Å². The predicted octanol–water partition coefficient (Wildman–Crippen LogP) is 0.0147. The second-order valence-electron chi connectivity index (χ2n) is 4.86. The van der Waals surface area contributed by atoms with Crippen LogP contribution in [-0.2, 0) is 4.79 Å². The molecule has 0 aliphatic carbocycles.